The van der Waals surface area contributed by atoms with Gasteiger partial charge >= 0.3 is 0 Å². The first kappa shape index (κ1) is 9.40. The lowest BCUT2D eigenvalue weighted by molar-refractivity contribution is 0.111. The predicted octanol–water partition coefficient (Wildman–Crippen LogP) is 1.03. The van der Waals surface area contributed by atoms with Gasteiger partial charge in [-0.1, -0.05) is 0 Å². The van der Waals surface area contributed by atoms with E-state index in [-0.39, 0.29) is 0 Å². The molecule has 0 amide bonds. The predicted molar refractivity (Wildman–Crippen MR) is 51.2 cm³/mol. The van der Waals surface area contributed by atoms with Crippen LogP contribution in [0, 0.1) is 5.92 Å². The highest BCUT2D eigenvalue weighted by Gasteiger charge is 2.16. The lowest BCUT2D eigenvalue weighted by atomic mass is 9.95. The molecule has 0 spiro atoms. The minimum Gasteiger partial charge on any atom is -0.448 e. The molecule has 0 bridgehead atoms. The molecule has 76 valence electrons. The van der Waals surface area contributed by atoms with Crippen molar-refractivity contribution >= 4 is 6.29 Å². The fourth-order valence-electron chi connectivity index (χ4n) is 1.81. The summed E-state index contributed by atoms with van der Waals surface area (Å²) in [6, 6.07) is 0. The Labute approximate surface area is 82.7 Å². The van der Waals surface area contributed by atoms with Gasteiger partial charge in [0.05, 0.1) is 0 Å². The Hall–Kier alpha value is -1.16. The number of aromatic nitrogens is 1. The van der Waals surface area contributed by atoms with Crippen LogP contribution in [-0.2, 0) is 6.42 Å². The van der Waals surface area contributed by atoms with E-state index in [1.165, 1.54) is 19.1 Å². The topological polar surface area (TPSA) is 55.1 Å². The minimum atomic E-state index is 0.397. The number of nitrogens with one attached hydrogen (secondary N) is 1. The van der Waals surface area contributed by atoms with Crippen LogP contribution in [0.1, 0.15) is 29.2 Å². The normalized spacial score (nSPS) is 18.3. The van der Waals surface area contributed by atoms with E-state index in [9.17, 15) is 4.79 Å². The molecule has 2 rings (SSSR count). The van der Waals surface area contributed by atoms with Gasteiger partial charge in [-0.25, -0.2) is 4.98 Å². The van der Waals surface area contributed by atoms with Crippen LogP contribution in [0.4, 0.5) is 0 Å². The summed E-state index contributed by atoms with van der Waals surface area (Å²) in [5, 5.41) is 3.31. The molecule has 1 aliphatic heterocycles. The number of rotatable bonds is 3. The SMILES string of the molecule is O=Cc1coc(CC2CCNCC2)n1. The number of aldehydes is 1. The molecule has 14 heavy (non-hydrogen) atoms. The van der Waals surface area contributed by atoms with Gasteiger partial charge in [-0.15, -0.1) is 0 Å². The van der Waals surface area contributed by atoms with Crippen LogP contribution in [0.3, 0.4) is 0 Å². The molecule has 1 aliphatic rings. The Bertz CT molecular complexity index is 303. The third-order valence-electron chi connectivity index (χ3n) is 2.61. The molecule has 0 atom stereocenters. The number of nitrogens with zero attached hydrogens (tertiary/aromatic N) is 1. The summed E-state index contributed by atoms with van der Waals surface area (Å²) >= 11 is 0. The molecule has 2 heterocycles. The van der Waals surface area contributed by atoms with Crippen molar-refractivity contribution < 1.29 is 9.21 Å². The maximum atomic E-state index is 10.4. The van der Waals surface area contributed by atoms with Gasteiger partial charge in [0.2, 0.25) is 0 Å². The zero-order valence-electron chi connectivity index (χ0n) is 8.03. The van der Waals surface area contributed by atoms with Crippen LogP contribution < -0.4 is 5.32 Å². The fourth-order valence-corrected chi connectivity index (χ4v) is 1.81. The molecule has 1 N–H and O–H groups in total. The van der Waals surface area contributed by atoms with Gasteiger partial charge in [-0.3, -0.25) is 4.79 Å². The number of hydrogen-bond donors (Lipinski definition) is 1. The lowest BCUT2D eigenvalue weighted by Crippen LogP contribution is -2.28. The molecule has 0 saturated carbocycles. The van der Waals surface area contributed by atoms with Gasteiger partial charge in [0.1, 0.15) is 12.0 Å². The van der Waals surface area contributed by atoms with Crippen molar-refractivity contribution in [2.45, 2.75) is 19.3 Å². The summed E-state index contributed by atoms with van der Waals surface area (Å²) in [5.41, 5.74) is 0.397. The first-order valence-corrected chi connectivity index (χ1v) is 4.99. The van der Waals surface area contributed by atoms with Gasteiger partial charge in [0.25, 0.3) is 0 Å². The van der Waals surface area contributed by atoms with Gasteiger partial charge < -0.3 is 9.73 Å². The van der Waals surface area contributed by atoms with Crippen LogP contribution in [0.15, 0.2) is 10.7 Å². The van der Waals surface area contributed by atoms with E-state index in [1.54, 1.807) is 0 Å². The van der Waals surface area contributed by atoms with Crippen molar-refractivity contribution in [1.29, 1.82) is 0 Å². The lowest BCUT2D eigenvalue weighted by Gasteiger charge is -2.20. The third-order valence-corrected chi connectivity index (χ3v) is 2.61. The maximum absolute atomic E-state index is 10.4. The molecule has 1 aromatic rings. The summed E-state index contributed by atoms with van der Waals surface area (Å²) in [4.78, 5) is 14.4. The monoisotopic (exact) mass is 194 g/mol. The van der Waals surface area contributed by atoms with Crippen LogP contribution in [0.2, 0.25) is 0 Å². The van der Waals surface area contributed by atoms with E-state index < -0.39 is 0 Å². The molecule has 0 aromatic carbocycles. The summed E-state index contributed by atoms with van der Waals surface area (Å²) in [6.45, 7) is 2.15. The quantitative estimate of drug-likeness (QED) is 0.730. The zero-order valence-corrected chi connectivity index (χ0v) is 8.03. The van der Waals surface area contributed by atoms with Gasteiger partial charge in [0.15, 0.2) is 12.2 Å². The van der Waals surface area contributed by atoms with E-state index in [1.807, 2.05) is 0 Å². The van der Waals surface area contributed by atoms with Gasteiger partial charge in [-0.2, -0.15) is 0 Å². The smallest absolute Gasteiger partial charge is 0.194 e. The first-order valence-electron chi connectivity index (χ1n) is 4.99. The summed E-state index contributed by atoms with van der Waals surface area (Å²) in [7, 11) is 0. The van der Waals surface area contributed by atoms with E-state index in [4.69, 9.17) is 4.42 Å². The zero-order chi connectivity index (χ0) is 9.80. The molecule has 0 unspecified atom stereocenters. The van der Waals surface area contributed by atoms with Gasteiger partial charge in [0, 0.05) is 6.42 Å². The highest BCUT2D eigenvalue weighted by Crippen LogP contribution is 2.17. The van der Waals surface area contributed by atoms with E-state index >= 15 is 0 Å². The second kappa shape index (κ2) is 4.37. The fraction of sp³-hybridized carbons (Fsp3) is 0.600. The third kappa shape index (κ3) is 2.20. The standard InChI is InChI=1S/C10H14N2O2/c13-6-9-7-14-10(12-9)5-8-1-3-11-4-2-8/h6-8,11H,1-5H2. The van der Waals surface area contributed by atoms with Crippen LogP contribution in [-0.4, -0.2) is 24.4 Å². The first-order chi connectivity index (χ1) is 6.88. The van der Waals surface area contributed by atoms with Crippen molar-refractivity contribution in [2.75, 3.05) is 13.1 Å². The maximum Gasteiger partial charge on any atom is 0.194 e. The van der Waals surface area contributed by atoms with Crippen molar-refractivity contribution in [3.8, 4) is 0 Å². The highest BCUT2D eigenvalue weighted by molar-refractivity contribution is 5.70. The highest BCUT2D eigenvalue weighted by atomic mass is 16.3. The van der Waals surface area contributed by atoms with Crippen molar-refractivity contribution in [3.63, 3.8) is 0 Å². The van der Waals surface area contributed by atoms with Crippen molar-refractivity contribution in [1.82, 2.24) is 10.3 Å². The Morgan fingerprint density at radius 1 is 1.57 bits per heavy atom. The second-order valence-electron chi connectivity index (χ2n) is 3.68. The van der Waals surface area contributed by atoms with Crippen LogP contribution in [0.25, 0.3) is 0 Å². The average molecular weight is 194 g/mol. The Balaban J connectivity index is 1.92. The summed E-state index contributed by atoms with van der Waals surface area (Å²) in [5.74, 6) is 1.34. The molecule has 1 saturated heterocycles. The molecule has 1 fully saturated rings. The molecule has 4 nitrogen and oxygen atoms in total. The van der Waals surface area contributed by atoms with Gasteiger partial charge in [-0.05, 0) is 31.8 Å². The average Bonchev–Trinajstić information content (AvgIpc) is 2.67. The summed E-state index contributed by atoms with van der Waals surface area (Å²) in [6.07, 6.45) is 5.33. The van der Waals surface area contributed by atoms with Crippen LogP contribution >= 0.6 is 0 Å². The number of hydrogen-bond acceptors (Lipinski definition) is 4. The van der Waals surface area contributed by atoms with Crippen molar-refractivity contribution in [3.05, 3.63) is 17.8 Å². The second-order valence-corrected chi connectivity index (χ2v) is 3.68. The molecular weight excluding hydrogens is 180 g/mol. The summed E-state index contributed by atoms with van der Waals surface area (Å²) < 4.78 is 5.20. The number of piperidine rings is 1. The number of oxazole rings is 1. The number of carbonyl (C=O) groups is 1. The minimum absolute atomic E-state index is 0.397. The molecule has 0 aliphatic carbocycles. The number of carbonyl (C=O) groups excluding carboxylic acids is 1. The molecule has 0 radical (unpaired) electrons. The van der Waals surface area contributed by atoms with E-state index in [2.05, 4.69) is 10.3 Å². The Morgan fingerprint density at radius 2 is 2.36 bits per heavy atom. The molecular formula is C10H14N2O2. The Kier molecular flexibility index (Phi) is 2.93. The largest absolute Gasteiger partial charge is 0.448 e. The van der Waals surface area contributed by atoms with Crippen molar-refractivity contribution in [2.24, 2.45) is 5.92 Å². The van der Waals surface area contributed by atoms with E-state index in [0.717, 1.165) is 25.8 Å². The van der Waals surface area contributed by atoms with Crippen LogP contribution in [0.5, 0.6) is 0 Å². The Morgan fingerprint density at radius 3 is 3.00 bits per heavy atom. The molecule has 4 heteroatoms. The molecule has 1 aromatic heterocycles. The van der Waals surface area contributed by atoms with E-state index in [0.29, 0.717) is 17.5 Å².